The van der Waals surface area contributed by atoms with Gasteiger partial charge in [-0.15, -0.1) is 0 Å². The number of halogens is 2. The average Bonchev–Trinajstić information content (AvgIpc) is 2.43. The number of methoxy groups -OCH3 is 1. The van der Waals surface area contributed by atoms with E-state index in [4.69, 9.17) is 10.6 Å². The number of hydrogen-bond donors (Lipinski definition) is 2. The zero-order valence-corrected chi connectivity index (χ0v) is 12.9. The van der Waals surface area contributed by atoms with Crippen molar-refractivity contribution in [3.8, 4) is 5.75 Å². The van der Waals surface area contributed by atoms with Crippen LogP contribution in [0.25, 0.3) is 0 Å². The van der Waals surface area contributed by atoms with E-state index in [1.54, 1.807) is 12.1 Å². The van der Waals surface area contributed by atoms with Crippen LogP contribution in [-0.2, 0) is 0 Å². The summed E-state index contributed by atoms with van der Waals surface area (Å²) >= 11 is 3.41. The molecule has 0 saturated heterocycles. The topological polar surface area (TPSA) is 47.3 Å². The largest absolute Gasteiger partial charge is 0.497 e. The van der Waals surface area contributed by atoms with E-state index in [1.165, 1.54) is 13.2 Å². The molecule has 0 heterocycles. The molecule has 0 aliphatic carbocycles. The van der Waals surface area contributed by atoms with E-state index in [1.807, 2.05) is 25.1 Å². The minimum absolute atomic E-state index is 0.352. The maximum atomic E-state index is 14.2. The predicted molar refractivity (Wildman–Crippen MR) is 81.0 cm³/mol. The molecule has 1 atom stereocenters. The van der Waals surface area contributed by atoms with E-state index in [9.17, 15) is 4.39 Å². The maximum Gasteiger partial charge on any atom is 0.132 e. The Balaban J connectivity index is 2.47. The molecule has 0 radical (unpaired) electrons. The van der Waals surface area contributed by atoms with Crippen molar-refractivity contribution in [2.24, 2.45) is 5.84 Å². The van der Waals surface area contributed by atoms with Crippen LogP contribution in [-0.4, -0.2) is 7.11 Å². The molecule has 106 valence electrons. The monoisotopic (exact) mass is 338 g/mol. The molecule has 5 heteroatoms. The van der Waals surface area contributed by atoms with E-state index in [-0.39, 0.29) is 5.82 Å². The van der Waals surface area contributed by atoms with Gasteiger partial charge >= 0.3 is 0 Å². The Morgan fingerprint density at radius 1 is 1.20 bits per heavy atom. The number of rotatable bonds is 4. The molecule has 2 rings (SSSR count). The fraction of sp³-hybridized carbons (Fsp3) is 0.200. The standard InChI is InChI=1S/C15H16BrFN2O/c1-9-7-10(16)3-5-12(9)15(19-18)13-6-4-11(20-2)8-14(13)17/h3-8,15,19H,18H2,1-2H3. The minimum atomic E-state index is -0.408. The van der Waals surface area contributed by atoms with Crippen molar-refractivity contribution in [1.29, 1.82) is 0 Å². The molecule has 3 N–H and O–H groups in total. The summed E-state index contributed by atoms with van der Waals surface area (Å²) in [6, 6.07) is 10.2. The summed E-state index contributed by atoms with van der Waals surface area (Å²) in [5, 5.41) is 0. The molecule has 3 nitrogen and oxygen atoms in total. The molecular formula is C15H16BrFN2O. The van der Waals surface area contributed by atoms with E-state index in [0.29, 0.717) is 11.3 Å². The maximum absolute atomic E-state index is 14.2. The quantitative estimate of drug-likeness (QED) is 0.663. The molecule has 0 spiro atoms. The third-order valence-corrected chi connectivity index (χ3v) is 3.72. The van der Waals surface area contributed by atoms with E-state index < -0.39 is 6.04 Å². The fourth-order valence-electron chi connectivity index (χ4n) is 2.18. The Kier molecular flexibility index (Phi) is 4.75. The lowest BCUT2D eigenvalue weighted by atomic mass is 9.95. The van der Waals surface area contributed by atoms with Crippen LogP contribution in [0.2, 0.25) is 0 Å². The van der Waals surface area contributed by atoms with E-state index in [2.05, 4.69) is 21.4 Å². The van der Waals surface area contributed by atoms with Crippen molar-refractivity contribution in [2.75, 3.05) is 7.11 Å². The predicted octanol–water partition coefficient (Wildman–Crippen LogP) is 3.46. The lowest BCUT2D eigenvalue weighted by Gasteiger charge is -2.20. The average molecular weight is 339 g/mol. The number of hydrazine groups is 1. The summed E-state index contributed by atoms with van der Waals surface area (Å²) in [5.41, 5.74) is 5.12. The minimum Gasteiger partial charge on any atom is -0.497 e. The Labute approximate surface area is 126 Å². The lowest BCUT2D eigenvalue weighted by Crippen LogP contribution is -2.30. The first kappa shape index (κ1) is 15.0. The Bertz CT molecular complexity index is 619. The Hall–Kier alpha value is -1.43. The van der Waals surface area contributed by atoms with Crippen molar-refractivity contribution in [1.82, 2.24) is 5.43 Å². The van der Waals surface area contributed by atoms with Gasteiger partial charge in [-0.2, -0.15) is 0 Å². The molecule has 0 fully saturated rings. The van der Waals surface area contributed by atoms with Gasteiger partial charge in [0.15, 0.2) is 0 Å². The van der Waals surface area contributed by atoms with Crippen LogP contribution in [0.15, 0.2) is 40.9 Å². The van der Waals surface area contributed by atoms with Crippen molar-refractivity contribution in [2.45, 2.75) is 13.0 Å². The van der Waals surface area contributed by atoms with Crippen molar-refractivity contribution >= 4 is 15.9 Å². The van der Waals surface area contributed by atoms with Crippen LogP contribution < -0.4 is 16.0 Å². The van der Waals surface area contributed by atoms with Crippen LogP contribution in [0.4, 0.5) is 4.39 Å². The number of nitrogens with two attached hydrogens (primary N) is 1. The molecule has 0 bridgehead atoms. The van der Waals surface area contributed by atoms with Crippen molar-refractivity contribution < 1.29 is 9.13 Å². The van der Waals surface area contributed by atoms with Crippen molar-refractivity contribution in [3.05, 3.63) is 63.4 Å². The van der Waals surface area contributed by atoms with Gasteiger partial charge in [-0.05, 0) is 36.2 Å². The SMILES string of the molecule is COc1ccc(C(NN)c2ccc(Br)cc2C)c(F)c1. The molecule has 20 heavy (non-hydrogen) atoms. The number of ether oxygens (including phenoxy) is 1. The normalized spacial score (nSPS) is 12.2. The van der Waals surface area contributed by atoms with Gasteiger partial charge in [0.05, 0.1) is 13.2 Å². The van der Waals surface area contributed by atoms with Gasteiger partial charge < -0.3 is 4.74 Å². The van der Waals surface area contributed by atoms with Crippen LogP contribution in [0.3, 0.4) is 0 Å². The summed E-state index contributed by atoms with van der Waals surface area (Å²) in [7, 11) is 1.51. The highest BCUT2D eigenvalue weighted by atomic mass is 79.9. The van der Waals surface area contributed by atoms with Crippen LogP contribution in [0.1, 0.15) is 22.7 Å². The molecule has 0 aromatic heterocycles. The number of nitrogens with one attached hydrogen (secondary N) is 1. The summed E-state index contributed by atoms with van der Waals surface area (Å²) in [6.07, 6.45) is 0. The smallest absolute Gasteiger partial charge is 0.132 e. The Morgan fingerprint density at radius 3 is 2.45 bits per heavy atom. The van der Waals surface area contributed by atoms with Gasteiger partial charge in [-0.25, -0.2) is 9.82 Å². The van der Waals surface area contributed by atoms with E-state index in [0.717, 1.165) is 15.6 Å². The molecule has 0 aliphatic heterocycles. The zero-order chi connectivity index (χ0) is 14.7. The third kappa shape index (κ3) is 3.00. The molecule has 2 aromatic carbocycles. The molecule has 0 aliphatic rings. The molecule has 0 amide bonds. The van der Waals surface area contributed by atoms with Crippen LogP contribution >= 0.6 is 15.9 Å². The molecular weight excluding hydrogens is 323 g/mol. The second-order valence-corrected chi connectivity index (χ2v) is 5.40. The third-order valence-electron chi connectivity index (χ3n) is 3.23. The van der Waals surface area contributed by atoms with Crippen molar-refractivity contribution in [3.63, 3.8) is 0 Å². The highest BCUT2D eigenvalue weighted by molar-refractivity contribution is 9.10. The van der Waals surface area contributed by atoms with Gasteiger partial charge in [0.1, 0.15) is 11.6 Å². The van der Waals surface area contributed by atoms with Crippen LogP contribution in [0.5, 0.6) is 5.75 Å². The molecule has 2 aromatic rings. The number of hydrogen-bond acceptors (Lipinski definition) is 3. The highest BCUT2D eigenvalue weighted by Crippen LogP contribution is 2.29. The van der Waals surface area contributed by atoms with E-state index >= 15 is 0 Å². The summed E-state index contributed by atoms with van der Waals surface area (Å²) in [6.45, 7) is 1.96. The molecule has 1 unspecified atom stereocenters. The summed E-state index contributed by atoms with van der Waals surface area (Å²) in [5.74, 6) is 5.75. The summed E-state index contributed by atoms with van der Waals surface area (Å²) < 4.78 is 20.2. The van der Waals surface area contributed by atoms with Gasteiger partial charge in [0, 0.05) is 16.1 Å². The Morgan fingerprint density at radius 2 is 1.90 bits per heavy atom. The summed E-state index contributed by atoms with van der Waals surface area (Å²) in [4.78, 5) is 0. The first-order chi connectivity index (χ1) is 9.56. The molecule has 0 saturated carbocycles. The highest BCUT2D eigenvalue weighted by Gasteiger charge is 2.19. The first-order valence-electron chi connectivity index (χ1n) is 6.12. The number of aryl methyl sites for hydroxylation is 1. The lowest BCUT2D eigenvalue weighted by molar-refractivity contribution is 0.410. The van der Waals surface area contributed by atoms with Gasteiger partial charge in [0.25, 0.3) is 0 Å². The second kappa shape index (κ2) is 6.35. The second-order valence-electron chi connectivity index (χ2n) is 4.49. The number of benzene rings is 2. The van der Waals surface area contributed by atoms with Gasteiger partial charge in [-0.1, -0.05) is 28.1 Å². The van der Waals surface area contributed by atoms with Gasteiger partial charge in [0.2, 0.25) is 0 Å². The first-order valence-corrected chi connectivity index (χ1v) is 6.91. The fourth-order valence-corrected chi connectivity index (χ4v) is 2.65. The van der Waals surface area contributed by atoms with Gasteiger partial charge in [-0.3, -0.25) is 5.84 Å². The zero-order valence-electron chi connectivity index (χ0n) is 11.3. The van der Waals surface area contributed by atoms with Crippen LogP contribution in [0, 0.1) is 12.7 Å².